The minimum absolute atomic E-state index is 0.0235. The first-order valence-electron chi connectivity index (χ1n) is 10.6. The van der Waals surface area contributed by atoms with Crippen molar-refractivity contribution in [2.45, 2.75) is 94.0 Å². The van der Waals surface area contributed by atoms with E-state index in [9.17, 15) is 4.79 Å². The molecule has 6 heteroatoms. The van der Waals surface area contributed by atoms with Crippen LogP contribution in [0.25, 0.3) is 0 Å². The summed E-state index contributed by atoms with van der Waals surface area (Å²) in [4.78, 5) is 13.5. The molecule has 5 aliphatic carbocycles. The number of rotatable bonds is 5. The van der Waals surface area contributed by atoms with Crippen molar-refractivity contribution in [3.8, 4) is 0 Å². The fraction of sp³-hybridized carbons (Fsp3) is 0.900. The number of ketones is 1. The summed E-state index contributed by atoms with van der Waals surface area (Å²) in [6.07, 6.45) is 13.8. The van der Waals surface area contributed by atoms with Gasteiger partial charge in [0.25, 0.3) is 0 Å². The molecular formula is C20H30N4OS. The molecule has 5 fully saturated rings. The predicted molar refractivity (Wildman–Crippen MR) is 101 cm³/mol. The molecular weight excluding hydrogens is 344 g/mol. The molecule has 0 radical (unpaired) electrons. The lowest BCUT2D eigenvalue weighted by atomic mass is 9.48. The van der Waals surface area contributed by atoms with Crippen molar-refractivity contribution in [3.63, 3.8) is 0 Å². The molecule has 0 N–H and O–H groups in total. The Kier molecular flexibility index (Phi) is 4.37. The number of tetrazole rings is 1. The second-order valence-electron chi connectivity index (χ2n) is 9.52. The quantitative estimate of drug-likeness (QED) is 0.713. The summed E-state index contributed by atoms with van der Waals surface area (Å²) in [5.74, 6) is 2.93. The summed E-state index contributed by atoms with van der Waals surface area (Å²) < 4.78 is 2.01. The minimum atomic E-state index is -0.0420. The molecule has 26 heavy (non-hydrogen) atoms. The number of carbonyl (C=O) groups is 1. The molecule has 5 nitrogen and oxygen atoms in total. The average molecular weight is 375 g/mol. The first kappa shape index (κ1) is 17.2. The molecule has 1 unspecified atom stereocenters. The zero-order chi connectivity index (χ0) is 17.7. The van der Waals surface area contributed by atoms with Gasteiger partial charge in [-0.2, -0.15) is 0 Å². The maximum atomic E-state index is 13.5. The van der Waals surface area contributed by atoms with Crippen LogP contribution in [0.15, 0.2) is 5.16 Å². The first-order chi connectivity index (χ1) is 12.6. The van der Waals surface area contributed by atoms with Gasteiger partial charge < -0.3 is 0 Å². The molecule has 1 atom stereocenters. The lowest BCUT2D eigenvalue weighted by Crippen LogP contribution is -2.51. The maximum Gasteiger partial charge on any atom is 0.210 e. The number of Topliss-reactive ketones (excluding diaryl/α,β-unsaturated/α-hetero) is 1. The van der Waals surface area contributed by atoms with Gasteiger partial charge in [0, 0.05) is 5.41 Å². The number of hydrogen-bond acceptors (Lipinski definition) is 5. The minimum Gasteiger partial charge on any atom is -0.298 e. The SMILES string of the molecule is CC(Sc1nnnn1C1CCCCC1)C(=O)C12CC3CC(CC(C3)C1)C2. The van der Waals surface area contributed by atoms with Crippen molar-refractivity contribution in [3.05, 3.63) is 0 Å². The van der Waals surface area contributed by atoms with Crippen molar-refractivity contribution < 1.29 is 4.79 Å². The van der Waals surface area contributed by atoms with Crippen molar-refractivity contribution >= 4 is 17.5 Å². The van der Waals surface area contributed by atoms with Crippen LogP contribution in [0.4, 0.5) is 0 Å². The van der Waals surface area contributed by atoms with Crippen LogP contribution in [-0.2, 0) is 4.79 Å². The number of nitrogens with zero attached hydrogens (tertiary/aromatic N) is 4. The van der Waals surface area contributed by atoms with Crippen molar-refractivity contribution in [1.29, 1.82) is 0 Å². The molecule has 6 rings (SSSR count). The molecule has 4 bridgehead atoms. The Morgan fingerprint density at radius 2 is 1.69 bits per heavy atom. The highest BCUT2D eigenvalue weighted by molar-refractivity contribution is 8.00. The van der Waals surface area contributed by atoms with E-state index in [1.165, 1.54) is 38.5 Å². The number of carbonyl (C=O) groups excluding carboxylic acids is 1. The largest absolute Gasteiger partial charge is 0.298 e. The molecule has 1 heterocycles. The molecule has 0 amide bonds. The van der Waals surface area contributed by atoms with Gasteiger partial charge in [-0.15, -0.1) is 5.10 Å². The molecule has 142 valence electrons. The number of aromatic nitrogens is 4. The molecule has 1 aromatic heterocycles. The first-order valence-corrected chi connectivity index (χ1v) is 11.5. The molecule has 0 aromatic carbocycles. The Balaban J connectivity index is 1.31. The molecule has 1 aromatic rings. The van der Waals surface area contributed by atoms with Crippen molar-refractivity contribution in [2.24, 2.45) is 23.2 Å². The summed E-state index contributed by atoms with van der Waals surface area (Å²) in [6.45, 7) is 2.09. The van der Waals surface area contributed by atoms with E-state index in [0.717, 1.165) is 55.0 Å². The van der Waals surface area contributed by atoms with Gasteiger partial charge in [0.1, 0.15) is 0 Å². The van der Waals surface area contributed by atoms with Gasteiger partial charge in [0.15, 0.2) is 5.78 Å². The summed E-state index contributed by atoms with van der Waals surface area (Å²) >= 11 is 1.60. The third-order valence-electron chi connectivity index (χ3n) is 7.60. The van der Waals surface area contributed by atoms with E-state index in [1.54, 1.807) is 11.8 Å². The highest BCUT2D eigenvalue weighted by Gasteiger charge is 2.55. The van der Waals surface area contributed by atoms with Gasteiger partial charge in [-0.25, -0.2) is 4.68 Å². The number of thioether (sulfide) groups is 1. The fourth-order valence-electron chi connectivity index (χ4n) is 6.87. The zero-order valence-electron chi connectivity index (χ0n) is 15.8. The Labute approximate surface area is 160 Å². The van der Waals surface area contributed by atoms with Crippen LogP contribution < -0.4 is 0 Å². The van der Waals surface area contributed by atoms with Crippen molar-refractivity contribution in [1.82, 2.24) is 20.2 Å². The van der Waals surface area contributed by atoms with E-state index in [2.05, 4.69) is 22.4 Å². The monoisotopic (exact) mass is 374 g/mol. The van der Waals surface area contributed by atoms with E-state index in [4.69, 9.17) is 0 Å². The zero-order valence-corrected chi connectivity index (χ0v) is 16.6. The third-order valence-corrected chi connectivity index (χ3v) is 8.64. The average Bonchev–Trinajstić information content (AvgIpc) is 3.08. The second kappa shape index (κ2) is 6.61. The van der Waals surface area contributed by atoms with Gasteiger partial charge in [-0.1, -0.05) is 31.0 Å². The van der Waals surface area contributed by atoms with E-state index in [0.29, 0.717) is 11.8 Å². The van der Waals surface area contributed by atoms with Crippen LogP contribution in [0.3, 0.4) is 0 Å². The van der Waals surface area contributed by atoms with E-state index in [-0.39, 0.29) is 10.7 Å². The lowest BCUT2D eigenvalue weighted by molar-refractivity contribution is -0.143. The molecule has 5 saturated carbocycles. The predicted octanol–water partition coefficient (Wildman–Crippen LogP) is 4.44. The van der Waals surface area contributed by atoms with Crippen LogP contribution in [0.2, 0.25) is 0 Å². The van der Waals surface area contributed by atoms with Gasteiger partial charge in [0.05, 0.1) is 11.3 Å². The number of hydrogen-bond donors (Lipinski definition) is 0. The van der Waals surface area contributed by atoms with E-state index >= 15 is 0 Å². The molecule has 0 aliphatic heterocycles. The molecule has 0 saturated heterocycles. The topological polar surface area (TPSA) is 60.7 Å². The Morgan fingerprint density at radius 3 is 2.31 bits per heavy atom. The maximum absolute atomic E-state index is 13.5. The summed E-state index contributed by atoms with van der Waals surface area (Å²) in [6, 6.07) is 0.420. The Bertz CT molecular complexity index is 646. The Hall–Kier alpha value is -0.910. The van der Waals surface area contributed by atoms with E-state index in [1.807, 2.05) is 4.68 Å². The lowest BCUT2D eigenvalue weighted by Gasteiger charge is -2.56. The van der Waals surface area contributed by atoms with Crippen LogP contribution in [0.1, 0.15) is 83.6 Å². The fourth-order valence-corrected chi connectivity index (χ4v) is 7.92. The standard InChI is InChI=1S/C20H30N4OS/c1-13(26-19-21-22-23-24(19)17-5-3-2-4-6-17)18(25)20-10-14-7-15(11-20)9-16(8-14)12-20/h13-17H,2-12H2,1H3. The van der Waals surface area contributed by atoms with Crippen LogP contribution in [0.5, 0.6) is 0 Å². The summed E-state index contributed by atoms with van der Waals surface area (Å²) in [5, 5.41) is 13.3. The Morgan fingerprint density at radius 1 is 1.08 bits per heavy atom. The van der Waals surface area contributed by atoms with Gasteiger partial charge in [0.2, 0.25) is 5.16 Å². The van der Waals surface area contributed by atoms with Gasteiger partial charge in [-0.05, 0) is 86.5 Å². The summed E-state index contributed by atoms with van der Waals surface area (Å²) in [5.41, 5.74) is -0.0235. The summed E-state index contributed by atoms with van der Waals surface area (Å²) in [7, 11) is 0. The highest BCUT2D eigenvalue weighted by Crippen LogP contribution is 2.61. The molecule has 5 aliphatic rings. The molecule has 0 spiro atoms. The smallest absolute Gasteiger partial charge is 0.210 e. The van der Waals surface area contributed by atoms with Gasteiger partial charge >= 0.3 is 0 Å². The van der Waals surface area contributed by atoms with Crippen LogP contribution in [0, 0.1) is 23.2 Å². The van der Waals surface area contributed by atoms with Crippen LogP contribution >= 0.6 is 11.8 Å². The second-order valence-corrected chi connectivity index (χ2v) is 10.8. The van der Waals surface area contributed by atoms with Crippen LogP contribution in [-0.4, -0.2) is 31.2 Å². The normalized spacial score (nSPS) is 37.8. The third kappa shape index (κ3) is 2.92. The van der Waals surface area contributed by atoms with Gasteiger partial charge in [-0.3, -0.25) is 4.79 Å². The highest BCUT2D eigenvalue weighted by atomic mass is 32.2. The van der Waals surface area contributed by atoms with Crippen molar-refractivity contribution in [2.75, 3.05) is 0 Å². The van der Waals surface area contributed by atoms with E-state index < -0.39 is 0 Å².